The molecule has 0 radical (unpaired) electrons. The molecule has 2 N–H and O–H groups in total. The average Bonchev–Trinajstić information content (AvgIpc) is 2.39. The Morgan fingerprint density at radius 3 is 2.50 bits per heavy atom. The summed E-state index contributed by atoms with van der Waals surface area (Å²) in [6.07, 6.45) is 1.72. The molecule has 0 amide bonds. The molecular formula is C14H15N3S. The highest BCUT2D eigenvalue weighted by atomic mass is 32.1. The fourth-order valence-corrected chi connectivity index (χ4v) is 1.78. The lowest BCUT2D eigenvalue weighted by Crippen LogP contribution is -2.14. The lowest BCUT2D eigenvalue weighted by Gasteiger charge is -2.19. The van der Waals surface area contributed by atoms with Crippen LogP contribution < -0.4 is 10.6 Å². The minimum Gasteiger partial charge on any atom is -0.389 e. The molecular weight excluding hydrogens is 242 g/mol. The van der Waals surface area contributed by atoms with E-state index in [-0.39, 0.29) is 0 Å². The van der Waals surface area contributed by atoms with Crippen molar-refractivity contribution in [3.05, 3.63) is 53.7 Å². The molecule has 0 atom stereocenters. The first-order valence-electron chi connectivity index (χ1n) is 5.64. The molecule has 4 heteroatoms. The van der Waals surface area contributed by atoms with Crippen LogP contribution in [0, 0.1) is 6.92 Å². The summed E-state index contributed by atoms with van der Waals surface area (Å²) in [6, 6.07) is 12.0. The molecule has 2 rings (SSSR count). The highest BCUT2D eigenvalue weighted by Crippen LogP contribution is 2.22. The normalized spacial score (nSPS) is 10.1. The van der Waals surface area contributed by atoms with Gasteiger partial charge in [-0.1, -0.05) is 29.9 Å². The summed E-state index contributed by atoms with van der Waals surface area (Å²) >= 11 is 4.97. The fraction of sp³-hybridized carbons (Fsp3) is 0.143. The molecule has 0 aliphatic carbocycles. The van der Waals surface area contributed by atoms with Gasteiger partial charge in [-0.15, -0.1) is 0 Å². The zero-order valence-corrected chi connectivity index (χ0v) is 11.2. The maximum absolute atomic E-state index is 5.63. The van der Waals surface area contributed by atoms with E-state index < -0.39 is 0 Å². The number of benzene rings is 1. The largest absolute Gasteiger partial charge is 0.389 e. The summed E-state index contributed by atoms with van der Waals surface area (Å²) in [7, 11) is 1.97. The van der Waals surface area contributed by atoms with Gasteiger partial charge in [0.05, 0.1) is 0 Å². The van der Waals surface area contributed by atoms with E-state index in [2.05, 4.69) is 36.2 Å². The molecule has 3 nitrogen and oxygen atoms in total. The van der Waals surface area contributed by atoms with Crippen LogP contribution >= 0.6 is 12.2 Å². The van der Waals surface area contributed by atoms with Gasteiger partial charge in [0.1, 0.15) is 10.8 Å². The molecule has 92 valence electrons. The van der Waals surface area contributed by atoms with Gasteiger partial charge in [0, 0.05) is 24.5 Å². The summed E-state index contributed by atoms with van der Waals surface area (Å²) in [5.41, 5.74) is 8.76. The molecule has 0 unspecified atom stereocenters. The van der Waals surface area contributed by atoms with E-state index in [4.69, 9.17) is 18.0 Å². The number of pyridine rings is 1. The molecule has 0 aliphatic rings. The lowest BCUT2D eigenvalue weighted by molar-refractivity contribution is 1.12. The second-order valence-corrected chi connectivity index (χ2v) is 4.60. The number of hydrogen-bond donors (Lipinski definition) is 1. The van der Waals surface area contributed by atoms with Crippen molar-refractivity contribution in [2.75, 3.05) is 11.9 Å². The molecule has 1 heterocycles. The van der Waals surface area contributed by atoms with Gasteiger partial charge in [-0.2, -0.15) is 0 Å². The molecule has 0 aliphatic heterocycles. The minimum atomic E-state index is 0.385. The Kier molecular flexibility index (Phi) is 3.58. The van der Waals surface area contributed by atoms with Crippen molar-refractivity contribution in [2.24, 2.45) is 5.73 Å². The average molecular weight is 257 g/mol. The smallest absolute Gasteiger partial charge is 0.133 e. The predicted molar refractivity (Wildman–Crippen MR) is 79.4 cm³/mol. The monoisotopic (exact) mass is 257 g/mol. The third kappa shape index (κ3) is 2.65. The number of hydrogen-bond acceptors (Lipinski definition) is 3. The topological polar surface area (TPSA) is 42.1 Å². The van der Waals surface area contributed by atoms with E-state index in [0.717, 1.165) is 17.1 Å². The molecule has 18 heavy (non-hydrogen) atoms. The lowest BCUT2D eigenvalue weighted by atomic mass is 10.2. The van der Waals surface area contributed by atoms with Gasteiger partial charge in [0.2, 0.25) is 0 Å². The Morgan fingerprint density at radius 1 is 1.22 bits per heavy atom. The minimum absolute atomic E-state index is 0.385. The Labute approximate surface area is 112 Å². The van der Waals surface area contributed by atoms with Gasteiger partial charge in [-0.25, -0.2) is 4.98 Å². The van der Waals surface area contributed by atoms with Gasteiger partial charge < -0.3 is 10.6 Å². The SMILES string of the molecule is Cc1ccc(N(C)c2cc(C(N)=S)ccn2)cc1. The van der Waals surface area contributed by atoms with Crippen molar-refractivity contribution in [3.8, 4) is 0 Å². The highest BCUT2D eigenvalue weighted by molar-refractivity contribution is 7.80. The Hall–Kier alpha value is -1.94. The van der Waals surface area contributed by atoms with Crippen molar-refractivity contribution in [3.63, 3.8) is 0 Å². The number of aromatic nitrogens is 1. The Morgan fingerprint density at radius 2 is 1.89 bits per heavy atom. The maximum atomic E-state index is 5.63. The summed E-state index contributed by atoms with van der Waals surface area (Å²) in [5.74, 6) is 0.823. The van der Waals surface area contributed by atoms with Crippen LogP contribution in [0.25, 0.3) is 0 Å². The zero-order chi connectivity index (χ0) is 13.1. The molecule has 1 aromatic heterocycles. The number of anilines is 2. The summed E-state index contributed by atoms with van der Waals surface area (Å²) in [5, 5.41) is 0. The number of rotatable bonds is 3. The quantitative estimate of drug-likeness (QED) is 0.859. The fourth-order valence-electron chi connectivity index (χ4n) is 1.66. The van der Waals surface area contributed by atoms with Crippen molar-refractivity contribution >= 4 is 28.7 Å². The zero-order valence-electron chi connectivity index (χ0n) is 10.4. The molecule has 0 saturated carbocycles. The molecule has 0 spiro atoms. The van der Waals surface area contributed by atoms with Crippen LogP contribution in [0.5, 0.6) is 0 Å². The van der Waals surface area contributed by atoms with Crippen LogP contribution in [0.3, 0.4) is 0 Å². The van der Waals surface area contributed by atoms with Crippen LogP contribution in [0.1, 0.15) is 11.1 Å². The Bertz CT molecular complexity index is 564. The van der Waals surface area contributed by atoms with E-state index in [9.17, 15) is 0 Å². The maximum Gasteiger partial charge on any atom is 0.133 e. The number of nitrogens with zero attached hydrogens (tertiary/aromatic N) is 2. The number of thiocarbonyl (C=S) groups is 1. The molecule has 0 fully saturated rings. The van der Waals surface area contributed by atoms with Crippen LogP contribution in [-0.4, -0.2) is 17.0 Å². The van der Waals surface area contributed by atoms with E-state index >= 15 is 0 Å². The van der Waals surface area contributed by atoms with E-state index in [1.54, 1.807) is 6.20 Å². The third-order valence-corrected chi connectivity index (χ3v) is 3.03. The van der Waals surface area contributed by atoms with E-state index in [0.29, 0.717) is 4.99 Å². The predicted octanol–water partition coefficient (Wildman–Crippen LogP) is 2.79. The van der Waals surface area contributed by atoms with Crippen LogP contribution in [0.2, 0.25) is 0 Å². The van der Waals surface area contributed by atoms with Crippen molar-refractivity contribution < 1.29 is 0 Å². The van der Waals surface area contributed by atoms with Gasteiger partial charge in [0.25, 0.3) is 0 Å². The van der Waals surface area contributed by atoms with Gasteiger partial charge in [0.15, 0.2) is 0 Å². The second-order valence-electron chi connectivity index (χ2n) is 4.16. The van der Waals surface area contributed by atoms with Crippen LogP contribution in [0.4, 0.5) is 11.5 Å². The van der Waals surface area contributed by atoms with Crippen LogP contribution in [0.15, 0.2) is 42.6 Å². The first-order valence-corrected chi connectivity index (χ1v) is 6.05. The molecule has 2 aromatic rings. The van der Waals surface area contributed by atoms with Gasteiger partial charge in [-0.3, -0.25) is 0 Å². The van der Waals surface area contributed by atoms with Gasteiger partial charge >= 0.3 is 0 Å². The van der Waals surface area contributed by atoms with Crippen molar-refractivity contribution in [1.29, 1.82) is 0 Å². The van der Waals surface area contributed by atoms with Gasteiger partial charge in [-0.05, 0) is 31.2 Å². The summed E-state index contributed by atoms with van der Waals surface area (Å²) < 4.78 is 0. The second kappa shape index (κ2) is 5.14. The number of aryl methyl sites for hydroxylation is 1. The summed E-state index contributed by atoms with van der Waals surface area (Å²) in [4.78, 5) is 6.72. The first kappa shape index (κ1) is 12.5. The van der Waals surface area contributed by atoms with Crippen molar-refractivity contribution in [1.82, 2.24) is 4.98 Å². The molecule has 0 saturated heterocycles. The van der Waals surface area contributed by atoms with Crippen LogP contribution in [-0.2, 0) is 0 Å². The first-order chi connectivity index (χ1) is 8.58. The molecule has 1 aromatic carbocycles. The third-order valence-electron chi connectivity index (χ3n) is 2.79. The Balaban J connectivity index is 2.33. The number of nitrogens with two attached hydrogens (primary N) is 1. The highest BCUT2D eigenvalue weighted by Gasteiger charge is 2.06. The van der Waals surface area contributed by atoms with Crippen molar-refractivity contribution in [2.45, 2.75) is 6.92 Å². The summed E-state index contributed by atoms with van der Waals surface area (Å²) in [6.45, 7) is 2.06. The van der Waals surface area contributed by atoms with E-state index in [1.165, 1.54) is 5.56 Å². The van der Waals surface area contributed by atoms with E-state index in [1.807, 2.05) is 24.1 Å². The standard InChI is InChI=1S/C14H15N3S/c1-10-3-5-12(6-4-10)17(2)13-9-11(14(15)18)7-8-16-13/h3-9H,1-2H3,(H2,15,18). The molecule has 0 bridgehead atoms.